The Morgan fingerprint density at radius 1 is 0.811 bits per heavy atom. The molecule has 2 aromatic rings. The normalized spacial score (nSPS) is 18.2. The van der Waals surface area contributed by atoms with Gasteiger partial charge in [-0.3, -0.25) is 4.79 Å². The highest BCUT2D eigenvalue weighted by Gasteiger charge is 2.34. The standard InChI is InChI=1S/C22H33ClN2O5.C18H24ClNO3/c1-15-8-9-17(23)13-18(15)19(29-12-10-24-20(26)28-5)16-7-6-11-25(14-16)21(27)30-22(2,3)4;1-12-7-8-14(19)10-15(12)16(21)13-6-5-9-20(11-13)17(22)23-18(2,3)4/h8-9,13,16,19H,6-7,10-12,14H2,1-5H3,(H,24,26);7-8,10,13H,5-6,9,11H2,1-4H3/t16-,19-;13-/m11/s1. The molecule has 13 heteroatoms. The minimum Gasteiger partial charge on any atom is -0.453 e. The number of ketones is 1. The third-order valence-corrected chi connectivity index (χ3v) is 9.32. The molecule has 3 atom stereocenters. The van der Waals surface area contributed by atoms with E-state index in [0.29, 0.717) is 54.9 Å². The number of aryl methyl sites for hydroxylation is 2. The Kier molecular flexibility index (Phi) is 16.3. The zero-order valence-electron chi connectivity index (χ0n) is 32.7. The molecule has 2 aliphatic rings. The summed E-state index contributed by atoms with van der Waals surface area (Å²) in [5.74, 6) is -0.0618. The Bertz CT molecular complexity index is 1570. The Balaban J connectivity index is 0.000000295. The number of methoxy groups -OCH3 is 1. The van der Waals surface area contributed by atoms with Crippen LogP contribution in [0.15, 0.2) is 36.4 Å². The van der Waals surface area contributed by atoms with Crippen LogP contribution in [0.1, 0.15) is 100 Å². The van der Waals surface area contributed by atoms with Gasteiger partial charge in [0.15, 0.2) is 5.78 Å². The SMILES string of the molecule is COC(=O)NCCO[C@@H](c1cc(Cl)ccc1C)[C@@H]1CCCN(C(=O)OC(C)(C)C)C1.Cc1ccc(Cl)cc1C(=O)[C@@H]1CCCN(C(=O)OC(C)(C)C)C1. The number of nitrogens with one attached hydrogen (secondary N) is 1. The molecule has 0 aromatic heterocycles. The van der Waals surface area contributed by atoms with E-state index in [-0.39, 0.29) is 35.9 Å². The van der Waals surface area contributed by atoms with Gasteiger partial charge < -0.3 is 34.1 Å². The second kappa shape index (κ2) is 19.7. The highest BCUT2D eigenvalue weighted by molar-refractivity contribution is 6.31. The summed E-state index contributed by atoms with van der Waals surface area (Å²) in [6.45, 7) is 17.9. The number of nitrogens with zero attached hydrogens (tertiary/aromatic N) is 2. The number of benzene rings is 2. The van der Waals surface area contributed by atoms with Gasteiger partial charge in [0.05, 0.1) is 19.8 Å². The molecule has 2 heterocycles. The molecule has 0 unspecified atom stereocenters. The van der Waals surface area contributed by atoms with Crippen molar-refractivity contribution in [1.29, 1.82) is 0 Å². The van der Waals surface area contributed by atoms with E-state index in [0.717, 1.165) is 42.4 Å². The van der Waals surface area contributed by atoms with Gasteiger partial charge >= 0.3 is 18.3 Å². The molecule has 2 aromatic carbocycles. The van der Waals surface area contributed by atoms with Crippen LogP contribution in [0.3, 0.4) is 0 Å². The fraction of sp³-hybridized carbons (Fsp3) is 0.600. The molecule has 294 valence electrons. The van der Waals surface area contributed by atoms with Crippen molar-refractivity contribution in [2.45, 2.75) is 98.4 Å². The van der Waals surface area contributed by atoms with E-state index in [1.165, 1.54) is 7.11 Å². The molecule has 0 radical (unpaired) electrons. The first-order valence-electron chi connectivity index (χ1n) is 18.2. The predicted molar refractivity (Wildman–Crippen MR) is 207 cm³/mol. The summed E-state index contributed by atoms with van der Waals surface area (Å²) in [7, 11) is 1.32. The highest BCUT2D eigenvalue weighted by atomic mass is 35.5. The second-order valence-corrected chi connectivity index (χ2v) is 16.5. The van der Waals surface area contributed by atoms with Gasteiger partial charge in [-0.25, -0.2) is 14.4 Å². The van der Waals surface area contributed by atoms with Crippen LogP contribution >= 0.6 is 23.2 Å². The van der Waals surface area contributed by atoms with Crippen LogP contribution in [0.2, 0.25) is 10.0 Å². The number of likely N-dealkylation sites (tertiary alicyclic amines) is 2. The van der Waals surface area contributed by atoms with Crippen molar-refractivity contribution in [1.82, 2.24) is 15.1 Å². The van der Waals surface area contributed by atoms with Crippen molar-refractivity contribution in [3.63, 3.8) is 0 Å². The molecule has 11 nitrogen and oxygen atoms in total. The first-order chi connectivity index (χ1) is 24.8. The van der Waals surface area contributed by atoms with E-state index in [1.54, 1.807) is 21.9 Å². The van der Waals surface area contributed by atoms with Crippen molar-refractivity contribution in [3.05, 3.63) is 68.7 Å². The number of piperidine rings is 2. The van der Waals surface area contributed by atoms with Gasteiger partial charge in [-0.15, -0.1) is 0 Å². The molecule has 0 bridgehead atoms. The fourth-order valence-corrected chi connectivity index (χ4v) is 6.67. The number of carbonyl (C=O) groups is 4. The summed E-state index contributed by atoms with van der Waals surface area (Å²) < 4.78 is 21.8. The van der Waals surface area contributed by atoms with Crippen molar-refractivity contribution in [2.24, 2.45) is 11.8 Å². The summed E-state index contributed by atoms with van der Waals surface area (Å²) in [6.07, 6.45) is 1.96. The second-order valence-electron chi connectivity index (χ2n) is 15.6. The van der Waals surface area contributed by atoms with Crippen LogP contribution in [0.4, 0.5) is 14.4 Å². The lowest BCUT2D eigenvalue weighted by Crippen LogP contribution is -2.44. The topological polar surface area (TPSA) is 124 Å². The third-order valence-electron chi connectivity index (χ3n) is 8.85. The van der Waals surface area contributed by atoms with Crippen molar-refractivity contribution < 1.29 is 38.1 Å². The minimum atomic E-state index is -0.539. The molecule has 2 saturated heterocycles. The highest BCUT2D eigenvalue weighted by Crippen LogP contribution is 2.36. The molecule has 2 fully saturated rings. The van der Waals surface area contributed by atoms with E-state index >= 15 is 0 Å². The van der Waals surface area contributed by atoms with Gasteiger partial charge in [0.1, 0.15) is 11.2 Å². The Morgan fingerprint density at radius 3 is 1.94 bits per heavy atom. The van der Waals surface area contributed by atoms with Crippen LogP contribution < -0.4 is 5.32 Å². The molecule has 53 heavy (non-hydrogen) atoms. The maximum Gasteiger partial charge on any atom is 0.410 e. The number of ether oxygens (including phenoxy) is 4. The largest absolute Gasteiger partial charge is 0.453 e. The van der Waals surface area contributed by atoms with Crippen molar-refractivity contribution in [3.8, 4) is 0 Å². The van der Waals surface area contributed by atoms with Crippen LogP contribution in [0.5, 0.6) is 0 Å². The quantitative estimate of drug-likeness (QED) is 0.160. The van der Waals surface area contributed by atoms with Gasteiger partial charge in [0.2, 0.25) is 0 Å². The predicted octanol–water partition coefficient (Wildman–Crippen LogP) is 9.19. The summed E-state index contributed by atoms with van der Waals surface area (Å²) >= 11 is 12.3. The van der Waals surface area contributed by atoms with Gasteiger partial charge in [0, 0.05) is 60.2 Å². The number of rotatable bonds is 8. The Morgan fingerprint density at radius 2 is 1.36 bits per heavy atom. The molecule has 3 amide bonds. The van der Waals surface area contributed by atoms with E-state index in [9.17, 15) is 19.2 Å². The maximum atomic E-state index is 12.8. The molecule has 4 rings (SSSR count). The van der Waals surface area contributed by atoms with Crippen LogP contribution in [0, 0.1) is 25.7 Å². The number of Topliss-reactive ketones (excluding diaryl/α,β-unsaturated/α-hetero) is 1. The fourth-order valence-electron chi connectivity index (χ4n) is 6.32. The summed E-state index contributed by atoms with van der Waals surface area (Å²) in [6, 6.07) is 11.1. The average Bonchev–Trinajstić information content (AvgIpc) is 3.09. The van der Waals surface area contributed by atoms with Crippen LogP contribution in [-0.2, 0) is 18.9 Å². The molecular weight excluding hydrogens is 721 g/mol. The number of alkyl carbamates (subject to hydrolysis) is 1. The molecule has 2 aliphatic heterocycles. The van der Waals surface area contributed by atoms with Crippen molar-refractivity contribution in [2.75, 3.05) is 46.4 Å². The zero-order chi connectivity index (χ0) is 39.5. The van der Waals surface area contributed by atoms with Crippen LogP contribution in [-0.4, -0.2) is 91.5 Å². The average molecular weight is 779 g/mol. The first kappa shape index (κ1) is 43.9. The Labute approximate surface area is 324 Å². The smallest absolute Gasteiger partial charge is 0.410 e. The molecule has 0 saturated carbocycles. The Hall–Kier alpha value is -3.54. The lowest BCUT2D eigenvalue weighted by atomic mass is 9.86. The number of carbonyl (C=O) groups excluding carboxylic acids is 4. The van der Waals surface area contributed by atoms with Gasteiger partial charge in [-0.05, 0) is 122 Å². The summed E-state index contributed by atoms with van der Waals surface area (Å²) in [4.78, 5) is 52.3. The number of halogens is 2. The number of hydrogen-bond donors (Lipinski definition) is 1. The van der Waals surface area contributed by atoms with E-state index in [2.05, 4.69) is 10.1 Å². The van der Waals surface area contributed by atoms with Gasteiger partial charge in [0.25, 0.3) is 0 Å². The monoisotopic (exact) mass is 777 g/mol. The van der Waals surface area contributed by atoms with Gasteiger partial charge in [-0.2, -0.15) is 0 Å². The van der Waals surface area contributed by atoms with E-state index in [1.807, 2.05) is 79.7 Å². The lowest BCUT2D eigenvalue weighted by molar-refractivity contribution is -0.0248. The maximum absolute atomic E-state index is 12.8. The summed E-state index contributed by atoms with van der Waals surface area (Å²) in [5, 5.41) is 3.81. The zero-order valence-corrected chi connectivity index (χ0v) is 34.2. The lowest BCUT2D eigenvalue weighted by Gasteiger charge is -2.38. The van der Waals surface area contributed by atoms with Crippen molar-refractivity contribution >= 4 is 47.3 Å². The van der Waals surface area contributed by atoms with Crippen LogP contribution in [0.25, 0.3) is 0 Å². The third kappa shape index (κ3) is 14.3. The number of hydrogen-bond acceptors (Lipinski definition) is 8. The minimum absolute atomic E-state index is 0.0539. The molecular formula is C40H57Cl2N3O8. The molecule has 0 spiro atoms. The first-order valence-corrected chi connectivity index (χ1v) is 19.0. The van der Waals surface area contributed by atoms with E-state index in [4.69, 9.17) is 37.4 Å². The van der Waals surface area contributed by atoms with Gasteiger partial charge in [-0.1, -0.05) is 35.3 Å². The summed E-state index contributed by atoms with van der Waals surface area (Å²) in [5.41, 5.74) is 2.55. The van der Waals surface area contributed by atoms with E-state index < -0.39 is 17.3 Å². The molecule has 0 aliphatic carbocycles. The molecule has 1 N–H and O–H groups in total. The number of amides is 3.